The van der Waals surface area contributed by atoms with Crippen LogP contribution in [0.3, 0.4) is 0 Å². The zero-order chi connectivity index (χ0) is 15.3. The molecule has 0 radical (unpaired) electrons. The van der Waals surface area contributed by atoms with Gasteiger partial charge in [-0.2, -0.15) is 0 Å². The largest absolute Gasteiger partial charge is 0.389 e. The topological polar surface area (TPSA) is 75.4 Å². The number of nitrogens with one attached hydrogen (secondary N) is 1. The lowest BCUT2D eigenvalue weighted by atomic mass is 9.94. The molecule has 21 heavy (non-hydrogen) atoms. The first kappa shape index (κ1) is 16.4. The van der Waals surface area contributed by atoms with E-state index >= 15 is 0 Å². The van der Waals surface area contributed by atoms with E-state index in [0.717, 1.165) is 30.2 Å². The van der Waals surface area contributed by atoms with Crippen LogP contribution in [0.25, 0.3) is 0 Å². The van der Waals surface area contributed by atoms with E-state index in [-0.39, 0.29) is 10.6 Å². The highest BCUT2D eigenvalue weighted by molar-refractivity contribution is 9.10. The highest BCUT2D eigenvalue weighted by atomic mass is 79.9. The van der Waals surface area contributed by atoms with Crippen molar-refractivity contribution in [3.63, 3.8) is 0 Å². The summed E-state index contributed by atoms with van der Waals surface area (Å²) in [7, 11) is 0. The molecule has 0 spiro atoms. The molecule has 5 nitrogen and oxygen atoms in total. The fraction of sp³-hybridized carbons (Fsp3) is 0.600. The molecule has 1 aromatic carbocycles. The summed E-state index contributed by atoms with van der Waals surface area (Å²) in [5.74, 6) is 0. The number of hydrogen-bond donors (Lipinski definition) is 2. The summed E-state index contributed by atoms with van der Waals surface area (Å²) in [6.45, 7) is 0.870. The Balaban J connectivity index is 1.96. The normalized spacial score (nSPS) is 18.2. The maximum atomic E-state index is 11.0. The zero-order valence-corrected chi connectivity index (χ0v) is 13.6. The quantitative estimate of drug-likeness (QED) is 0.480. The lowest BCUT2D eigenvalue weighted by molar-refractivity contribution is -0.385. The number of rotatable bonds is 5. The van der Waals surface area contributed by atoms with Gasteiger partial charge in [0.15, 0.2) is 0 Å². The minimum Gasteiger partial charge on any atom is -0.389 e. The highest BCUT2D eigenvalue weighted by Gasteiger charge is 2.27. The van der Waals surface area contributed by atoms with Gasteiger partial charge in [0.1, 0.15) is 0 Å². The fourth-order valence-corrected chi connectivity index (χ4v) is 3.28. The molecule has 0 amide bonds. The van der Waals surface area contributed by atoms with Crippen molar-refractivity contribution in [2.75, 3.05) is 6.54 Å². The van der Waals surface area contributed by atoms with Crippen LogP contribution in [0.1, 0.15) is 44.1 Å². The minimum absolute atomic E-state index is 0.110. The second-order valence-corrected chi connectivity index (χ2v) is 6.69. The maximum Gasteiger partial charge on any atom is 0.273 e. The number of nitrogens with zero attached hydrogens (tertiary/aromatic N) is 1. The Morgan fingerprint density at radius 3 is 2.57 bits per heavy atom. The van der Waals surface area contributed by atoms with Crippen LogP contribution in [0.4, 0.5) is 5.69 Å². The predicted molar refractivity (Wildman–Crippen MR) is 85.2 cm³/mol. The summed E-state index contributed by atoms with van der Waals surface area (Å²) in [6, 6.07) is 4.92. The van der Waals surface area contributed by atoms with Crippen LogP contribution in [-0.4, -0.2) is 22.2 Å². The zero-order valence-electron chi connectivity index (χ0n) is 12.0. The average molecular weight is 357 g/mol. The Kier molecular flexibility index (Phi) is 5.72. The summed E-state index contributed by atoms with van der Waals surface area (Å²) >= 11 is 3.34. The molecule has 0 aromatic heterocycles. The van der Waals surface area contributed by atoms with Gasteiger partial charge >= 0.3 is 0 Å². The molecule has 6 heteroatoms. The van der Waals surface area contributed by atoms with Gasteiger partial charge in [-0.3, -0.25) is 10.1 Å². The fourth-order valence-electron chi connectivity index (χ4n) is 2.87. The molecule has 1 aliphatic carbocycles. The second-order valence-electron chi connectivity index (χ2n) is 5.77. The molecule has 0 aliphatic heterocycles. The Hall–Kier alpha value is -0.980. The van der Waals surface area contributed by atoms with Crippen LogP contribution in [0.5, 0.6) is 0 Å². The molecule has 0 heterocycles. The highest BCUT2D eigenvalue weighted by Crippen LogP contribution is 2.27. The molecular formula is C15H21BrN2O3. The molecule has 116 valence electrons. The molecule has 0 saturated heterocycles. The smallest absolute Gasteiger partial charge is 0.273 e. The lowest BCUT2D eigenvalue weighted by Crippen LogP contribution is -2.39. The van der Waals surface area contributed by atoms with Gasteiger partial charge in [-0.15, -0.1) is 0 Å². The van der Waals surface area contributed by atoms with Crippen LogP contribution in [0, 0.1) is 10.1 Å². The number of hydrogen-bond acceptors (Lipinski definition) is 4. The van der Waals surface area contributed by atoms with Crippen LogP contribution in [0.2, 0.25) is 0 Å². The minimum atomic E-state index is -0.669. The Morgan fingerprint density at radius 2 is 1.95 bits per heavy atom. The third kappa shape index (κ3) is 4.76. The molecular weight excluding hydrogens is 336 g/mol. The molecule has 2 rings (SSSR count). The summed E-state index contributed by atoms with van der Waals surface area (Å²) in [5, 5.41) is 24.8. The van der Waals surface area contributed by atoms with Crippen LogP contribution in [-0.2, 0) is 6.54 Å². The standard InChI is InChI=1S/C15H21BrN2O3/c16-13-5-6-14(18(20)21)12(9-13)10-17-11-15(19)7-3-1-2-4-8-15/h5-6,9,17,19H,1-4,7-8,10-11H2. The van der Waals surface area contributed by atoms with Crippen LogP contribution < -0.4 is 5.32 Å². The molecule has 1 saturated carbocycles. The van der Waals surface area contributed by atoms with E-state index in [4.69, 9.17) is 0 Å². The van der Waals surface area contributed by atoms with Crippen molar-refractivity contribution in [3.8, 4) is 0 Å². The average Bonchev–Trinajstić information content (AvgIpc) is 2.63. The van der Waals surface area contributed by atoms with Crippen molar-refractivity contribution < 1.29 is 10.0 Å². The van der Waals surface area contributed by atoms with Gasteiger partial charge in [0.2, 0.25) is 0 Å². The van der Waals surface area contributed by atoms with Crippen LogP contribution >= 0.6 is 15.9 Å². The van der Waals surface area contributed by atoms with Gasteiger partial charge in [-0.05, 0) is 25.0 Å². The SMILES string of the molecule is O=[N+]([O-])c1ccc(Br)cc1CNCC1(O)CCCCCC1. The van der Waals surface area contributed by atoms with Crippen molar-refractivity contribution >= 4 is 21.6 Å². The van der Waals surface area contributed by atoms with Crippen molar-refractivity contribution in [2.24, 2.45) is 0 Å². The first-order chi connectivity index (χ1) is 10.0. The molecule has 0 atom stereocenters. The van der Waals surface area contributed by atoms with Crippen molar-refractivity contribution in [3.05, 3.63) is 38.3 Å². The van der Waals surface area contributed by atoms with Crippen molar-refractivity contribution in [1.82, 2.24) is 5.32 Å². The van der Waals surface area contributed by atoms with Gasteiger partial charge in [-0.1, -0.05) is 41.6 Å². The summed E-state index contributed by atoms with van der Waals surface area (Å²) in [6.07, 6.45) is 6.07. The maximum absolute atomic E-state index is 11.0. The number of nitro groups is 1. The van der Waals surface area contributed by atoms with E-state index < -0.39 is 5.60 Å². The Morgan fingerprint density at radius 1 is 1.29 bits per heavy atom. The third-order valence-corrected chi connectivity index (χ3v) is 4.54. The van der Waals surface area contributed by atoms with Gasteiger partial charge in [0.05, 0.1) is 10.5 Å². The number of aliphatic hydroxyl groups is 1. The monoisotopic (exact) mass is 356 g/mol. The molecule has 2 N–H and O–H groups in total. The van der Waals surface area contributed by atoms with E-state index in [2.05, 4.69) is 21.2 Å². The lowest BCUT2D eigenvalue weighted by Gasteiger charge is -2.27. The second kappa shape index (κ2) is 7.33. The van der Waals surface area contributed by atoms with E-state index in [9.17, 15) is 15.2 Å². The Bertz CT molecular complexity index is 500. The van der Waals surface area contributed by atoms with Crippen molar-refractivity contribution in [2.45, 2.75) is 50.7 Å². The van der Waals surface area contributed by atoms with Gasteiger partial charge < -0.3 is 10.4 Å². The third-order valence-electron chi connectivity index (χ3n) is 4.04. The van der Waals surface area contributed by atoms with Gasteiger partial charge in [0.25, 0.3) is 5.69 Å². The molecule has 1 aromatic rings. The van der Waals surface area contributed by atoms with Crippen molar-refractivity contribution in [1.29, 1.82) is 0 Å². The summed E-state index contributed by atoms with van der Waals surface area (Å²) in [4.78, 5) is 10.6. The first-order valence-corrected chi connectivity index (χ1v) is 8.15. The number of benzene rings is 1. The van der Waals surface area contributed by atoms with E-state index in [1.165, 1.54) is 18.9 Å². The van der Waals surface area contributed by atoms with Gasteiger partial charge in [0, 0.05) is 29.2 Å². The van der Waals surface area contributed by atoms with E-state index in [1.807, 2.05) is 0 Å². The van der Waals surface area contributed by atoms with Crippen LogP contribution in [0.15, 0.2) is 22.7 Å². The molecule has 0 unspecified atom stereocenters. The predicted octanol–water partition coefficient (Wildman–Crippen LogP) is 3.53. The molecule has 1 fully saturated rings. The summed E-state index contributed by atoms with van der Waals surface area (Å²) in [5.41, 5.74) is 0.0715. The van der Waals surface area contributed by atoms with E-state index in [1.54, 1.807) is 12.1 Å². The summed E-state index contributed by atoms with van der Waals surface area (Å²) < 4.78 is 0.818. The number of nitro benzene ring substituents is 1. The number of halogens is 1. The first-order valence-electron chi connectivity index (χ1n) is 7.36. The van der Waals surface area contributed by atoms with E-state index in [0.29, 0.717) is 18.7 Å². The molecule has 1 aliphatic rings. The molecule has 0 bridgehead atoms. The Labute approximate surface area is 133 Å². The van der Waals surface area contributed by atoms with Gasteiger partial charge in [-0.25, -0.2) is 0 Å².